The molecule has 17 heavy (non-hydrogen) atoms. The molecule has 1 fully saturated rings. The second kappa shape index (κ2) is 5.13. The summed E-state index contributed by atoms with van der Waals surface area (Å²) < 4.78 is 0. The number of aromatic nitrogens is 1. The van der Waals surface area contributed by atoms with Gasteiger partial charge in [0.15, 0.2) is 0 Å². The van der Waals surface area contributed by atoms with E-state index < -0.39 is 6.03 Å². The third kappa shape index (κ3) is 2.94. The summed E-state index contributed by atoms with van der Waals surface area (Å²) in [4.78, 5) is 29.1. The molecule has 6 nitrogen and oxygen atoms in total. The molecule has 0 radical (unpaired) electrons. The van der Waals surface area contributed by atoms with Gasteiger partial charge in [0.1, 0.15) is 4.88 Å². The summed E-state index contributed by atoms with van der Waals surface area (Å²) in [5, 5.41) is 2.64. The minimum atomic E-state index is -0.540. The first-order valence-corrected chi connectivity index (χ1v) is 6.28. The average Bonchev–Trinajstić information content (AvgIpc) is 2.81. The lowest BCUT2D eigenvalue weighted by atomic mass is 10.1. The second-order valence-corrected chi connectivity index (χ2v) is 4.85. The summed E-state index contributed by atoms with van der Waals surface area (Å²) in [7, 11) is 0. The van der Waals surface area contributed by atoms with Crippen molar-refractivity contribution >= 4 is 23.3 Å². The maximum absolute atomic E-state index is 12.0. The molecule has 3 amide bonds. The van der Waals surface area contributed by atoms with Crippen molar-refractivity contribution in [3.63, 3.8) is 0 Å². The predicted octanol–water partition coefficient (Wildman–Crippen LogP) is 0.416. The Hall–Kier alpha value is -1.63. The van der Waals surface area contributed by atoms with Crippen LogP contribution in [0.25, 0.3) is 0 Å². The third-order valence-electron chi connectivity index (χ3n) is 2.70. The number of hydrogen-bond acceptors (Lipinski definition) is 4. The van der Waals surface area contributed by atoms with Gasteiger partial charge in [-0.15, -0.1) is 11.3 Å². The molecule has 1 aromatic rings. The molecule has 1 aromatic heterocycles. The molecular weight excluding hydrogens is 240 g/mol. The maximum Gasteiger partial charge on any atom is 0.312 e. The minimum absolute atomic E-state index is 0.0246. The molecule has 0 unspecified atom stereocenters. The SMILES string of the molecule is NC(=O)N[C@@H]1CCCN(C(=O)c2cncs2)C1. The van der Waals surface area contributed by atoms with E-state index in [0.29, 0.717) is 18.0 Å². The summed E-state index contributed by atoms with van der Waals surface area (Å²) in [5.41, 5.74) is 6.71. The van der Waals surface area contributed by atoms with Gasteiger partial charge in [-0.05, 0) is 12.8 Å². The average molecular weight is 254 g/mol. The van der Waals surface area contributed by atoms with Crippen molar-refractivity contribution in [1.29, 1.82) is 0 Å². The van der Waals surface area contributed by atoms with Gasteiger partial charge >= 0.3 is 6.03 Å². The number of piperidine rings is 1. The molecule has 1 aliphatic rings. The number of nitrogens with one attached hydrogen (secondary N) is 1. The van der Waals surface area contributed by atoms with Gasteiger partial charge in [0, 0.05) is 19.1 Å². The van der Waals surface area contributed by atoms with Gasteiger partial charge in [-0.25, -0.2) is 4.79 Å². The number of carbonyl (C=O) groups excluding carboxylic acids is 2. The summed E-state index contributed by atoms with van der Waals surface area (Å²) in [6, 6.07) is -0.583. The lowest BCUT2D eigenvalue weighted by molar-refractivity contribution is 0.0703. The Morgan fingerprint density at radius 3 is 3.06 bits per heavy atom. The number of carbonyl (C=O) groups is 2. The van der Waals surface area contributed by atoms with Gasteiger partial charge in [-0.1, -0.05) is 0 Å². The number of urea groups is 1. The van der Waals surface area contributed by atoms with E-state index in [4.69, 9.17) is 5.73 Å². The number of nitrogens with zero attached hydrogens (tertiary/aromatic N) is 2. The number of amides is 3. The lowest BCUT2D eigenvalue weighted by Gasteiger charge is -2.32. The van der Waals surface area contributed by atoms with Crippen LogP contribution >= 0.6 is 11.3 Å². The molecular formula is C10H14N4O2S. The molecule has 2 rings (SSSR count). The van der Waals surface area contributed by atoms with Crippen LogP contribution in [-0.2, 0) is 0 Å². The molecule has 92 valence electrons. The predicted molar refractivity (Wildman–Crippen MR) is 63.8 cm³/mol. The number of likely N-dealkylation sites (tertiary alicyclic amines) is 1. The molecule has 0 bridgehead atoms. The van der Waals surface area contributed by atoms with Gasteiger partial charge in [0.05, 0.1) is 11.7 Å². The van der Waals surface area contributed by atoms with E-state index in [1.54, 1.807) is 16.6 Å². The summed E-state index contributed by atoms with van der Waals surface area (Å²) in [6.07, 6.45) is 3.29. The van der Waals surface area contributed by atoms with E-state index in [-0.39, 0.29) is 11.9 Å². The molecule has 0 aromatic carbocycles. The third-order valence-corrected chi connectivity index (χ3v) is 3.46. The normalized spacial score (nSPS) is 20.0. The molecule has 1 saturated heterocycles. The summed E-state index contributed by atoms with van der Waals surface area (Å²) in [6.45, 7) is 1.23. The highest BCUT2D eigenvalue weighted by Crippen LogP contribution is 2.15. The minimum Gasteiger partial charge on any atom is -0.352 e. The van der Waals surface area contributed by atoms with E-state index in [2.05, 4.69) is 10.3 Å². The smallest absolute Gasteiger partial charge is 0.312 e. The van der Waals surface area contributed by atoms with E-state index >= 15 is 0 Å². The van der Waals surface area contributed by atoms with Crippen molar-refractivity contribution in [3.8, 4) is 0 Å². The Kier molecular flexibility index (Phi) is 3.58. The van der Waals surface area contributed by atoms with Crippen molar-refractivity contribution in [2.75, 3.05) is 13.1 Å². The Balaban J connectivity index is 1.97. The first-order chi connectivity index (χ1) is 8.16. The lowest BCUT2D eigenvalue weighted by Crippen LogP contribution is -2.50. The molecule has 1 aliphatic heterocycles. The van der Waals surface area contributed by atoms with E-state index in [1.165, 1.54) is 11.3 Å². The molecule has 1 atom stereocenters. The summed E-state index contributed by atoms with van der Waals surface area (Å²) in [5.74, 6) is -0.0246. The molecule has 0 aliphatic carbocycles. The van der Waals surface area contributed by atoms with Crippen LogP contribution in [-0.4, -0.2) is 41.0 Å². The number of thiazole rings is 1. The van der Waals surface area contributed by atoms with Crippen molar-refractivity contribution in [2.24, 2.45) is 5.73 Å². The first kappa shape index (κ1) is 11.8. The van der Waals surface area contributed by atoms with Gasteiger partial charge in [0.25, 0.3) is 5.91 Å². The van der Waals surface area contributed by atoms with E-state index in [1.807, 2.05) is 0 Å². The van der Waals surface area contributed by atoms with Crippen LogP contribution < -0.4 is 11.1 Å². The zero-order chi connectivity index (χ0) is 12.3. The Morgan fingerprint density at radius 2 is 2.41 bits per heavy atom. The van der Waals surface area contributed by atoms with Gasteiger partial charge in [0.2, 0.25) is 0 Å². The fourth-order valence-corrected chi connectivity index (χ4v) is 2.54. The van der Waals surface area contributed by atoms with Gasteiger partial charge < -0.3 is 16.0 Å². The van der Waals surface area contributed by atoms with Crippen molar-refractivity contribution in [3.05, 3.63) is 16.6 Å². The molecule has 2 heterocycles. The van der Waals surface area contributed by atoms with Crippen LogP contribution in [0.1, 0.15) is 22.5 Å². The molecule has 7 heteroatoms. The van der Waals surface area contributed by atoms with E-state index in [9.17, 15) is 9.59 Å². The highest BCUT2D eigenvalue weighted by atomic mass is 32.1. The number of nitrogens with two attached hydrogens (primary N) is 1. The largest absolute Gasteiger partial charge is 0.352 e. The fraction of sp³-hybridized carbons (Fsp3) is 0.500. The highest BCUT2D eigenvalue weighted by Gasteiger charge is 2.25. The van der Waals surface area contributed by atoms with Gasteiger partial charge in [-0.3, -0.25) is 9.78 Å². The van der Waals surface area contributed by atoms with Crippen LogP contribution in [0.15, 0.2) is 11.7 Å². The van der Waals surface area contributed by atoms with Gasteiger partial charge in [-0.2, -0.15) is 0 Å². The van der Waals surface area contributed by atoms with Crippen molar-refractivity contribution in [1.82, 2.24) is 15.2 Å². The van der Waals surface area contributed by atoms with E-state index in [0.717, 1.165) is 12.8 Å². The Labute approximate surface area is 103 Å². The topological polar surface area (TPSA) is 88.3 Å². The van der Waals surface area contributed by atoms with Crippen LogP contribution in [0.4, 0.5) is 4.79 Å². The molecule has 3 N–H and O–H groups in total. The number of hydrogen-bond donors (Lipinski definition) is 2. The van der Waals surface area contributed by atoms with Crippen LogP contribution in [0.2, 0.25) is 0 Å². The summed E-state index contributed by atoms with van der Waals surface area (Å²) >= 11 is 1.33. The van der Waals surface area contributed by atoms with Crippen molar-refractivity contribution in [2.45, 2.75) is 18.9 Å². The first-order valence-electron chi connectivity index (χ1n) is 5.40. The maximum atomic E-state index is 12.0. The standard InChI is InChI=1S/C10H14N4O2S/c11-10(16)13-7-2-1-3-14(5-7)9(15)8-4-12-6-17-8/h4,6-7H,1-3,5H2,(H3,11,13,16)/t7-/m1/s1. The Morgan fingerprint density at radius 1 is 1.59 bits per heavy atom. The molecule has 0 spiro atoms. The number of rotatable bonds is 2. The zero-order valence-corrected chi connectivity index (χ0v) is 10.1. The second-order valence-electron chi connectivity index (χ2n) is 3.96. The van der Waals surface area contributed by atoms with Crippen LogP contribution in [0.5, 0.6) is 0 Å². The van der Waals surface area contributed by atoms with Crippen LogP contribution in [0, 0.1) is 0 Å². The monoisotopic (exact) mass is 254 g/mol. The quantitative estimate of drug-likeness (QED) is 0.801. The molecule has 0 saturated carbocycles. The number of primary amides is 1. The fourth-order valence-electron chi connectivity index (χ4n) is 1.96. The zero-order valence-electron chi connectivity index (χ0n) is 9.26. The highest BCUT2D eigenvalue weighted by molar-refractivity contribution is 7.11. The van der Waals surface area contributed by atoms with Crippen molar-refractivity contribution < 1.29 is 9.59 Å². The Bertz CT molecular complexity index is 406. The van der Waals surface area contributed by atoms with Crippen LogP contribution in [0.3, 0.4) is 0 Å².